The molecular weight excluding hydrogens is 328 g/mol. The highest BCUT2D eigenvalue weighted by Gasteiger charge is 2.27. The standard InChI is InChI=1S/C21H32N2OS/c1-2-20(18-6-4-3-5-7-18)21(24)22-16-17-8-12-23(13-9-17)19-10-14-25-15-11-19/h3-7,17,19-20H,2,8-16H2,1H3,(H,22,24). The Hall–Kier alpha value is -1.00. The molecule has 25 heavy (non-hydrogen) atoms. The van der Waals surface area contributed by atoms with Crippen molar-refractivity contribution < 1.29 is 4.79 Å². The molecule has 1 atom stereocenters. The van der Waals surface area contributed by atoms with Crippen LogP contribution in [0.3, 0.4) is 0 Å². The summed E-state index contributed by atoms with van der Waals surface area (Å²) in [6, 6.07) is 11.0. The van der Waals surface area contributed by atoms with Gasteiger partial charge in [0.1, 0.15) is 0 Å². The summed E-state index contributed by atoms with van der Waals surface area (Å²) < 4.78 is 0. The van der Waals surface area contributed by atoms with Crippen LogP contribution in [0.25, 0.3) is 0 Å². The van der Waals surface area contributed by atoms with Gasteiger partial charge in [0.25, 0.3) is 0 Å². The van der Waals surface area contributed by atoms with E-state index in [4.69, 9.17) is 0 Å². The Morgan fingerprint density at radius 2 is 1.84 bits per heavy atom. The molecular formula is C21H32N2OS. The molecule has 1 N–H and O–H groups in total. The van der Waals surface area contributed by atoms with E-state index in [0.717, 1.165) is 24.6 Å². The molecule has 0 radical (unpaired) electrons. The fourth-order valence-electron chi connectivity index (χ4n) is 4.20. The van der Waals surface area contributed by atoms with Gasteiger partial charge in [-0.15, -0.1) is 0 Å². The molecule has 3 nitrogen and oxygen atoms in total. The molecule has 4 heteroatoms. The molecule has 0 aliphatic carbocycles. The predicted octanol–water partition coefficient (Wildman–Crippen LogP) is 3.90. The molecule has 2 saturated heterocycles. The van der Waals surface area contributed by atoms with E-state index in [1.54, 1.807) is 0 Å². The summed E-state index contributed by atoms with van der Waals surface area (Å²) >= 11 is 2.10. The predicted molar refractivity (Wildman–Crippen MR) is 107 cm³/mol. The summed E-state index contributed by atoms with van der Waals surface area (Å²) in [5.74, 6) is 3.49. The van der Waals surface area contributed by atoms with Crippen molar-refractivity contribution >= 4 is 17.7 Å². The minimum absolute atomic E-state index is 0.0129. The molecule has 2 aliphatic rings. The zero-order valence-corrected chi connectivity index (χ0v) is 16.3. The maximum absolute atomic E-state index is 12.6. The zero-order valence-electron chi connectivity index (χ0n) is 15.5. The molecule has 0 spiro atoms. The summed E-state index contributed by atoms with van der Waals surface area (Å²) in [6.45, 7) is 5.37. The second-order valence-electron chi connectivity index (χ2n) is 7.44. The Morgan fingerprint density at radius 1 is 1.16 bits per heavy atom. The lowest BCUT2D eigenvalue weighted by atomic mass is 9.93. The fraction of sp³-hybridized carbons (Fsp3) is 0.667. The van der Waals surface area contributed by atoms with Gasteiger partial charge >= 0.3 is 0 Å². The Labute approximate surface area is 156 Å². The van der Waals surface area contributed by atoms with Crippen molar-refractivity contribution in [2.45, 2.75) is 51.0 Å². The van der Waals surface area contributed by atoms with Gasteiger partial charge in [-0.1, -0.05) is 37.3 Å². The highest BCUT2D eigenvalue weighted by Crippen LogP contribution is 2.26. The Kier molecular flexibility index (Phi) is 7.23. The number of likely N-dealkylation sites (tertiary alicyclic amines) is 1. The molecule has 0 aromatic heterocycles. The number of rotatable bonds is 6. The quantitative estimate of drug-likeness (QED) is 0.835. The van der Waals surface area contributed by atoms with E-state index in [1.165, 1.54) is 50.3 Å². The minimum Gasteiger partial charge on any atom is -0.355 e. The number of amides is 1. The number of carbonyl (C=O) groups excluding carboxylic acids is 1. The zero-order chi connectivity index (χ0) is 17.5. The van der Waals surface area contributed by atoms with E-state index < -0.39 is 0 Å². The average Bonchev–Trinajstić information content (AvgIpc) is 2.69. The van der Waals surface area contributed by atoms with Crippen LogP contribution >= 0.6 is 11.8 Å². The van der Waals surface area contributed by atoms with Crippen LogP contribution < -0.4 is 5.32 Å². The highest BCUT2D eigenvalue weighted by molar-refractivity contribution is 7.99. The number of nitrogens with one attached hydrogen (secondary N) is 1. The van der Waals surface area contributed by atoms with Gasteiger partial charge in [-0.05, 0) is 68.2 Å². The Balaban J connectivity index is 1.42. The molecule has 2 aliphatic heterocycles. The summed E-state index contributed by atoms with van der Waals surface area (Å²) in [5.41, 5.74) is 1.13. The fourth-order valence-corrected chi connectivity index (χ4v) is 5.28. The molecule has 1 amide bonds. The van der Waals surface area contributed by atoms with Gasteiger partial charge in [-0.3, -0.25) is 4.79 Å². The average molecular weight is 361 g/mol. The topological polar surface area (TPSA) is 32.3 Å². The molecule has 0 bridgehead atoms. The Morgan fingerprint density at radius 3 is 2.48 bits per heavy atom. The number of hydrogen-bond acceptors (Lipinski definition) is 3. The maximum Gasteiger partial charge on any atom is 0.227 e. The molecule has 138 valence electrons. The third-order valence-electron chi connectivity index (χ3n) is 5.85. The van der Waals surface area contributed by atoms with Crippen molar-refractivity contribution in [3.63, 3.8) is 0 Å². The van der Waals surface area contributed by atoms with Gasteiger partial charge in [-0.25, -0.2) is 0 Å². The van der Waals surface area contributed by atoms with Gasteiger partial charge in [0.2, 0.25) is 5.91 Å². The summed E-state index contributed by atoms with van der Waals surface area (Å²) in [6.07, 6.45) is 6.04. The number of thioether (sulfide) groups is 1. The van der Waals surface area contributed by atoms with Crippen LogP contribution in [0.5, 0.6) is 0 Å². The van der Waals surface area contributed by atoms with Crippen molar-refractivity contribution in [3.8, 4) is 0 Å². The third kappa shape index (κ3) is 5.24. The largest absolute Gasteiger partial charge is 0.355 e. The first-order valence-corrected chi connectivity index (χ1v) is 11.1. The smallest absolute Gasteiger partial charge is 0.227 e. The number of nitrogens with zero attached hydrogens (tertiary/aromatic N) is 1. The SMILES string of the molecule is CCC(C(=O)NCC1CCN(C2CCSCC2)CC1)c1ccccc1. The number of piperidine rings is 1. The van der Waals surface area contributed by atoms with Crippen molar-refractivity contribution in [2.24, 2.45) is 5.92 Å². The lowest BCUT2D eigenvalue weighted by molar-refractivity contribution is -0.122. The van der Waals surface area contributed by atoms with Gasteiger partial charge in [0, 0.05) is 12.6 Å². The van der Waals surface area contributed by atoms with E-state index >= 15 is 0 Å². The van der Waals surface area contributed by atoms with Crippen molar-refractivity contribution in [3.05, 3.63) is 35.9 Å². The first-order valence-electron chi connectivity index (χ1n) is 9.92. The van der Waals surface area contributed by atoms with Crippen LogP contribution in [0.1, 0.15) is 50.5 Å². The third-order valence-corrected chi connectivity index (χ3v) is 6.90. The molecule has 1 aromatic rings. The number of hydrogen-bond donors (Lipinski definition) is 1. The number of benzene rings is 1. The van der Waals surface area contributed by atoms with Gasteiger partial charge in [0.05, 0.1) is 5.92 Å². The van der Waals surface area contributed by atoms with Crippen molar-refractivity contribution in [2.75, 3.05) is 31.1 Å². The molecule has 2 heterocycles. The second-order valence-corrected chi connectivity index (χ2v) is 8.66. The normalized spacial score (nSPS) is 21.8. The molecule has 3 rings (SSSR count). The molecule has 0 saturated carbocycles. The van der Waals surface area contributed by atoms with Crippen molar-refractivity contribution in [1.82, 2.24) is 10.2 Å². The number of carbonyl (C=O) groups is 1. The summed E-state index contributed by atoms with van der Waals surface area (Å²) in [5, 5.41) is 3.24. The van der Waals surface area contributed by atoms with Crippen LogP contribution in [-0.4, -0.2) is 48.0 Å². The van der Waals surface area contributed by atoms with Crippen LogP contribution in [-0.2, 0) is 4.79 Å². The van der Waals surface area contributed by atoms with Crippen molar-refractivity contribution in [1.29, 1.82) is 0 Å². The van der Waals surface area contributed by atoms with Gasteiger partial charge in [0.15, 0.2) is 0 Å². The van der Waals surface area contributed by atoms with Gasteiger partial charge < -0.3 is 10.2 Å². The summed E-state index contributed by atoms with van der Waals surface area (Å²) in [7, 11) is 0. The molecule has 1 aromatic carbocycles. The van der Waals surface area contributed by atoms with E-state index in [2.05, 4.69) is 41.0 Å². The first-order chi connectivity index (χ1) is 12.3. The van der Waals surface area contributed by atoms with E-state index in [-0.39, 0.29) is 11.8 Å². The monoisotopic (exact) mass is 360 g/mol. The van der Waals surface area contributed by atoms with Crippen LogP contribution in [0.4, 0.5) is 0 Å². The molecule has 1 unspecified atom stereocenters. The Bertz CT molecular complexity index is 522. The second kappa shape index (κ2) is 9.63. The highest BCUT2D eigenvalue weighted by atomic mass is 32.2. The van der Waals surface area contributed by atoms with Crippen LogP contribution in [0.15, 0.2) is 30.3 Å². The molecule has 2 fully saturated rings. The lowest BCUT2D eigenvalue weighted by Crippen LogP contribution is -2.45. The van der Waals surface area contributed by atoms with Crippen LogP contribution in [0.2, 0.25) is 0 Å². The van der Waals surface area contributed by atoms with E-state index in [0.29, 0.717) is 5.92 Å². The first kappa shape index (κ1) is 18.8. The van der Waals surface area contributed by atoms with Crippen LogP contribution in [0, 0.1) is 5.92 Å². The lowest BCUT2D eigenvalue weighted by Gasteiger charge is -2.39. The van der Waals surface area contributed by atoms with E-state index in [1.807, 2.05) is 18.2 Å². The maximum atomic E-state index is 12.6. The van der Waals surface area contributed by atoms with Gasteiger partial charge in [-0.2, -0.15) is 11.8 Å². The minimum atomic E-state index is -0.0129. The summed E-state index contributed by atoms with van der Waals surface area (Å²) in [4.78, 5) is 15.3. The van der Waals surface area contributed by atoms with E-state index in [9.17, 15) is 4.79 Å².